The summed E-state index contributed by atoms with van der Waals surface area (Å²) in [5.74, 6) is 0. The van der Waals surface area contributed by atoms with E-state index in [0.29, 0.717) is 6.54 Å². The van der Waals surface area contributed by atoms with Crippen LogP contribution in [-0.2, 0) is 6.54 Å². The summed E-state index contributed by atoms with van der Waals surface area (Å²) in [7, 11) is 0. The smallest absolute Gasteiger partial charge is 0.404 e. The van der Waals surface area contributed by atoms with E-state index in [1.165, 1.54) is 6.33 Å². The largest absolute Gasteiger partial charge is 0.465 e. The minimum atomic E-state index is -1.02. The van der Waals surface area contributed by atoms with Crippen LogP contribution in [0, 0.1) is 6.92 Å². The molecule has 2 N–H and O–H groups in total. The quantitative estimate of drug-likeness (QED) is 0.773. The number of carbonyl (C=O) groups is 1. The summed E-state index contributed by atoms with van der Waals surface area (Å²) in [4.78, 5) is 14.9. The third kappa shape index (κ3) is 2.55. The summed E-state index contributed by atoms with van der Waals surface area (Å²) >= 11 is 0. The van der Waals surface area contributed by atoms with E-state index in [1.54, 1.807) is 4.52 Å². The van der Waals surface area contributed by atoms with E-state index in [-0.39, 0.29) is 0 Å². The van der Waals surface area contributed by atoms with Gasteiger partial charge < -0.3 is 10.4 Å². The fourth-order valence-electron chi connectivity index (χ4n) is 2.30. The average molecular weight is 282 g/mol. The third-order valence-electron chi connectivity index (χ3n) is 3.38. The maximum absolute atomic E-state index is 10.6. The lowest BCUT2D eigenvalue weighted by Crippen LogP contribution is -2.20. The van der Waals surface area contributed by atoms with Gasteiger partial charge in [0.15, 0.2) is 0 Å². The Morgan fingerprint density at radius 3 is 3.00 bits per heavy atom. The molecule has 0 atom stereocenters. The Balaban J connectivity index is 1.98. The molecule has 2 aromatic heterocycles. The van der Waals surface area contributed by atoms with Crippen molar-refractivity contribution >= 4 is 11.6 Å². The Hall–Kier alpha value is -2.89. The number of aromatic nitrogens is 3. The number of aryl methyl sites for hydroxylation is 1. The molecule has 2 heterocycles. The fraction of sp³-hybridized carbons (Fsp3) is 0.133. The van der Waals surface area contributed by atoms with Crippen LogP contribution in [0.2, 0.25) is 0 Å². The van der Waals surface area contributed by atoms with Gasteiger partial charge in [0.1, 0.15) is 6.33 Å². The Morgan fingerprint density at radius 2 is 2.24 bits per heavy atom. The highest BCUT2D eigenvalue weighted by atomic mass is 16.4. The highest BCUT2D eigenvalue weighted by Gasteiger charge is 2.08. The summed E-state index contributed by atoms with van der Waals surface area (Å²) in [6.07, 6.45) is 2.37. The van der Waals surface area contributed by atoms with Crippen molar-refractivity contribution < 1.29 is 9.90 Å². The highest BCUT2D eigenvalue weighted by Crippen LogP contribution is 2.24. The van der Waals surface area contributed by atoms with Crippen LogP contribution in [0.25, 0.3) is 16.8 Å². The number of hydrogen-bond acceptors (Lipinski definition) is 3. The number of amides is 1. The number of benzene rings is 1. The summed E-state index contributed by atoms with van der Waals surface area (Å²) in [5.41, 5.74) is 4.74. The number of fused-ring (bicyclic) bond motifs is 1. The Morgan fingerprint density at radius 1 is 1.38 bits per heavy atom. The van der Waals surface area contributed by atoms with E-state index in [0.717, 1.165) is 27.9 Å². The molecule has 6 heteroatoms. The lowest BCUT2D eigenvalue weighted by molar-refractivity contribution is 0.194. The van der Waals surface area contributed by atoms with Crippen LogP contribution in [0.4, 0.5) is 4.79 Å². The number of nitrogens with zero attached hydrogens (tertiary/aromatic N) is 3. The molecular formula is C15H14N4O2. The average Bonchev–Trinajstić information content (AvgIpc) is 2.94. The van der Waals surface area contributed by atoms with Gasteiger partial charge in [-0.2, -0.15) is 5.10 Å². The molecule has 0 saturated carbocycles. The lowest BCUT2D eigenvalue weighted by Gasteiger charge is -2.09. The topological polar surface area (TPSA) is 79.5 Å². The predicted octanol–water partition coefficient (Wildman–Crippen LogP) is 2.47. The van der Waals surface area contributed by atoms with Crippen LogP contribution in [0.3, 0.4) is 0 Å². The zero-order chi connectivity index (χ0) is 14.8. The number of hydrogen-bond donors (Lipinski definition) is 2. The zero-order valence-electron chi connectivity index (χ0n) is 11.4. The monoisotopic (exact) mass is 282 g/mol. The van der Waals surface area contributed by atoms with Gasteiger partial charge in [-0.15, -0.1) is 0 Å². The number of rotatable bonds is 3. The molecule has 0 fully saturated rings. The molecule has 0 unspecified atom stereocenters. The van der Waals surface area contributed by atoms with E-state index in [1.807, 2.05) is 43.5 Å². The first-order valence-electron chi connectivity index (χ1n) is 6.50. The van der Waals surface area contributed by atoms with Gasteiger partial charge in [0.05, 0.1) is 11.2 Å². The second-order valence-corrected chi connectivity index (χ2v) is 4.75. The van der Waals surface area contributed by atoms with Crippen LogP contribution in [0.1, 0.15) is 11.1 Å². The van der Waals surface area contributed by atoms with Crippen molar-refractivity contribution in [3.63, 3.8) is 0 Å². The van der Waals surface area contributed by atoms with Crippen molar-refractivity contribution in [2.75, 3.05) is 0 Å². The van der Waals surface area contributed by atoms with E-state index in [9.17, 15) is 4.79 Å². The van der Waals surface area contributed by atoms with Crippen molar-refractivity contribution in [2.24, 2.45) is 0 Å². The lowest BCUT2D eigenvalue weighted by atomic mass is 10.0. The van der Waals surface area contributed by atoms with Gasteiger partial charge in [0.25, 0.3) is 0 Å². The second kappa shape index (κ2) is 5.24. The molecule has 0 aliphatic heterocycles. The Labute approximate surface area is 121 Å². The van der Waals surface area contributed by atoms with E-state index in [4.69, 9.17) is 5.11 Å². The van der Waals surface area contributed by atoms with Crippen molar-refractivity contribution in [1.29, 1.82) is 0 Å². The molecule has 0 saturated heterocycles. The predicted molar refractivity (Wildman–Crippen MR) is 78.0 cm³/mol. The molecule has 0 bridgehead atoms. The first-order chi connectivity index (χ1) is 10.1. The van der Waals surface area contributed by atoms with Crippen molar-refractivity contribution in [2.45, 2.75) is 13.5 Å². The molecule has 0 radical (unpaired) electrons. The maximum Gasteiger partial charge on any atom is 0.404 e. The molecule has 3 aromatic rings. The molecule has 6 nitrogen and oxygen atoms in total. The zero-order valence-corrected chi connectivity index (χ0v) is 11.4. The fourth-order valence-corrected chi connectivity index (χ4v) is 2.30. The summed E-state index contributed by atoms with van der Waals surface area (Å²) in [6.45, 7) is 2.25. The highest BCUT2D eigenvalue weighted by molar-refractivity contribution is 5.77. The summed E-state index contributed by atoms with van der Waals surface area (Å²) in [6, 6.07) is 9.76. The number of carboxylic acid groups (broad SMARTS) is 1. The molecule has 3 rings (SSSR count). The molecule has 0 spiro atoms. The third-order valence-corrected chi connectivity index (χ3v) is 3.38. The molecule has 0 aliphatic rings. The summed E-state index contributed by atoms with van der Waals surface area (Å²) in [5, 5.41) is 15.2. The SMILES string of the molecule is Cc1cc(-c2ncnn3cccc23)ccc1CNC(=O)O. The van der Waals surface area contributed by atoms with Crippen molar-refractivity contribution in [1.82, 2.24) is 19.9 Å². The molecule has 21 heavy (non-hydrogen) atoms. The van der Waals surface area contributed by atoms with E-state index in [2.05, 4.69) is 15.4 Å². The second-order valence-electron chi connectivity index (χ2n) is 4.75. The van der Waals surface area contributed by atoms with Crippen LogP contribution in [-0.4, -0.2) is 25.8 Å². The molecule has 0 aliphatic carbocycles. The first kappa shape index (κ1) is 13.1. The van der Waals surface area contributed by atoms with Crippen LogP contribution < -0.4 is 5.32 Å². The van der Waals surface area contributed by atoms with Crippen molar-refractivity contribution in [3.05, 3.63) is 54.0 Å². The minimum Gasteiger partial charge on any atom is -0.465 e. The molecular weight excluding hydrogens is 268 g/mol. The molecule has 1 amide bonds. The van der Waals surface area contributed by atoms with Gasteiger partial charge in [-0.3, -0.25) is 0 Å². The van der Waals surface area contributed by atoms with Gasteiger partial charge in [-0.25, -0.2) is 14.3 Å². The molecule has 1 aromatic carbocycles. The van der Waals surface area contributed by atoms with Gasteiger partial charge in [-0.05, 0) is 36.2 Å². The van der Waals surface area contributed by atoms with E-state index >= 15 is 0 Å². The molecule has 106 valence electrons. The first-order valence-corrected chi connectivity index (χ1v) is 6.50. The van der Waals surface area contributed by atoms with Gasteiger partial charge in [0, 0.05) is 18.3 Å². The Kier molecular flexibility index (Phi) is 3.27. The van der Waals surface area contributed by atoms with Gasteiger partial charge in [0.2, 0.25) is 0 Å². The van der Waals surface area contributed by atoms with Crippen LogP contribution in [0.15, 0.2) is 42.9 Å². The van der Waals surface area contributed by atoms with Gasteiger partial charge >= 0.3 is 6.09 Å². The van der Waals surface area contributed by atoms with Crippen LogP contribution in [0.5, 0.6) is 0 Å². The van der Waals surface area contributed by atoms with Gasteiger partial charge in [-0.1, -0.05) is 12.1 Å². The summed E-state index contributed by atoms with van der Waals surface area (Å²) < 4.78 is 1.78. The maximum atomic E-state index is 10.6. The number of nitrogens with one attached hydrogen (secondary N) is 1. The standard InChI is InChI=1S/C15H14N4O2/c1-10-7-11(4-5-12(10)8-16-15(20)21)14-13-3-2-6-19(13)18-9-17-14/h2-7,9,16H,8H2,1H3,(H,20,21). The van der Waals surface area contributed by atoms with Crippen LogP contribution >= 0.6 is 0 Å². The van der Waals surface area contributed by atoms with E-state index < -0.39 is 6.09 Å². The van der Waals surface area contributed by atoms with Crippen molar-refractivity contribution in [3.8, 4) is 11.3 Å². The Bertz CT molecular complexity index is 810. The normalized spacial score (nSPS) is 10.7. The minimum absolute atomic E-state index is 0.297.